The zero-order chi connectivity index (χ0) is 20.2. The summed E-state index contributed by atoms with van der Waals surface area (Å²) in [6.45, 7) is 8.95. The van der Waals surface area contributed by atoms with E-state index in [4.69, 9.17) is 9.72 Å². The Morgan fingerprint density at radius 2 is 1.83 bits per heavy atom. The molecule has 2 aliphatic rings. The fraction of sp³-hybridized carbons (Fsp3) is 0.565. The fourth-order valence-corrected chi connectivity index (χ4v) is 5.28. The smallest absolute Gasteiger partial charge is 0.229 e. The van der Waals surface area contributed by atoms with E-state index in [0.29, 0.717) is 18.5 Å². The van der Waals surface area contributed by atoms with Crippen LogP contribution in [0.2, 0.25) is 0 Å². The molecule has 2 aliphatic heterocycles. The Hall–Kier alpha value is -1.76. The monoisotopic (exact) mass is 413 g/mol. The third-order valence-corrected chi connectivity index (χ3v) is 7.02. The van der Waals surface area contributed by atoms with Gasteiger partial charge in [-0.1, -0.05) is 24.3 Å². The highest BCUT2D eigenvalue weighted by Crippen LogP contribution is 2.27. The SMILES string of the molecule is CC1CCCC(C)N1C(=O)Cc1csc(-c2ccc(CN3CCOCC3)cc2)n1. The lowest BCUT2D eigenvalue weighted by molar-refractivity contribution is -0.136. The number of benzene rings is 1. The van der Waals surface area contributed by atoms with Crippen LogP contribution in [0.4, 0.5) is 0 Å². The summed E-state index contributed by atoms with van der Waals surface area (Å²) in [6, 6.07) is 9.35. The summed E-state index contributed by atoms with van der Waals surface area (Å²) in [7, 11) is 0. The molecular formula is C23H31N3O2S. The molecule has 1 aromatic heterocycles. The number of thiazole rings is 1. The lowest BCUT2D eigenvalue weighted by atomic mass is 9.97. The molecule has 2 saturated heterocycles. The van der Waals surface area contributed by atoms with Crippen LogP contribution in [0.1, 0.15) is 44.4 Å². The minimum atomic E-state index is 0.211. The van der Waals surface area contributed by atoms with Gasteiger partial charge in [0.25, 0.3) is 0 Å². The Labute approximate surface area is 177 Å². The van der Waals surface area contributed by atoms with E-state index in [1.54, 1.807) is 11.3 Å². The van der Waals surface area contributed by atoms with Crippen molar-refractivity contribution in [3.8, 4) is 10.6 Å². The number of amides is 1. The molecule has 0 spiro atoms. The van der Waals surface area contributed by atoms with E-state index >= 15 is 0 Å². The lowest BCUT2D eigenvalue weighted by Gasteiger charge is -2.39. The van der Waals surface area contributed by atoms with Gasteiger partial charge in [0.15, 0.2) is 0 Å². The second-order valence-electron chi connectivity index (χ2n) is 8.34. The summed E-state index contributed by atoms with van der Waals surface area (Å²) < 4.78 is 5.42. The van der Waals surface area contributed by atoms with Gasteiger partial charge in [-0.3, -0.25) is 9.69 Å². The Kier molecular flexibility index (Phi) is 6.63. The quantitative estimate of drug-likeness (QED) is 0.744. The number of carbonyl (C=O) groups is 1. The van der Waals surface area contributed by atoms with Gasteiger partial charge in [0.1, 0.15) is 5.01 Å². The molecular weight excluding hydrogens is 382 g/mol. The number of hydrogen-bond acceptors (Lipinski definition) is 5. The van der Waals surface area contributed by atoms with E-state index in [0.717, 1.165) is 62.0 Å². The maximum atomic E-state index is 12.8. The van der Waals surface area contributed by atoms with Crippen molar-refractivity contribution in [1.29, 1.82) is 0 Å². The van der Waals surface area contributed by atoms with Crippen LogP contribution >= 0.6 is 11.3 Å². The topological polar surface area (TPSA) is 45.7 Å². The summed E-state index contributed by atoms with van der Waals surface area (Å²) >= 11 is 1.63. The summed E-state index contributed by atoms with van der Waals surface area (Å²) in [6.07, 6.45) is 3.83. The van der Waals surface area contributed by atoms with Gasteiger partial charge >= 0.3 is 0 Å². The van der Waals surface area contributed by atoms with Crippen molar-refractivity contribution in [3.63, 3.8) is 0 Å². The van der Waals surface area contributed by atoms with Crippen molar-refractivity contribution in [3.05, 3.63) is 40.9 Å². The largest absolute Gasteiger partial charge is 0.379 e. The Bertz CT molecular complexity index is 804. The third kappa shape index (κ3) is 5.05. The normalized spacial score (nSPS) is 23.3. The van der Waals surface area contributed by atoms with E-state index in [2.05, 4.69) is 47.9 Å². The number of likely N-dealkylation sites (tertiary alicyclic amines) is 1. The van der Waals surface area contributed by atoms with Crippen LogP contribution in [0.25, 0.3) is 10.6 Å². The maximum Gasteiger partial charge on any atom is 0.229 e. The summed E-state index contributed by atoms with van der Waals surface area (Å²) in [5, 5.41) is 3.03. The van der Waals surface area contributed by atoms with Crippen LogP contribution in [-0.4, -0.2) is 59.1 Å². The van der Waals surface area contributed by atoms with Gasteiger partial charge in [-0.2, -0.15) is 0 Å². The molecule has 4 rings (SSSR count). The first-order valence-electron chi connectivity index (χ1n) is 10.7. The van der Waals surface area contributed by atoms with Gasteiger partial charge in [-0.05, 0) is 38.7 Å². The van der Waals surface area contributed by atoms with Crippen LogP contribution in [0.3, 0.4) is 0 Å². The molecule has 1 aromatic carbocycles. The predicted octanol–water partition coefficient (Wildman–Crippen LogP) is 3.97. The van der Waals surface area contributed by atoms with Gasteiger partial charge in [0, 0.05) is 42.7 Å². The summed E-state index contributed by atoms with van der Waals surface area (Å²) in [5.74, 6) is 0.211. The molecule has 156 valence electrons. The third-order valence-electron chi connectivity index (χ3n) is 6.08. The number of aromatic nitrogens is 1. The van der Waals surface area contributed by atoms with Crippen LogP contribution in [0, 0.1) is 0 Å². The molecule has 29 heavy (non-hydrogen) atoms. The molecule has 2 unspecified atom stereocenters. The zero-order valence-corrected chi connectivity index (χ0v) is 18.3. The highest BCUT2D eigenvalue weighted by Gasteiger charge is 2.29. The lowest BCUT2D eigenvalue weighted by Crippen LogP contribution is -2.48. The minimum absolute atomic E-state index is 0.211. The molecule has 0 saturated carbocycles. The molecule has 6 heteroatoms. The highest BCUT2D eigenvalue weighted by molar-refractivity contribution is 7.13. The Morgan fingerprint density at radius 3 is 2.52 bits per heavy atom. The van der Waals surface area contributed by atoms with Gasteiger partial charge in [-0.15, -0.1) is 11.3 Å². The first-order valence-corrected chi connectivity index (χ1v) is 11.6. The zero-order valence-electron chi connectivity index (χ0n) is 17.5. The average Bonchev–Trinajstić information content (AvgIpc) is 3.17. The first kappa shape index (κ1) is 20.5. The van der Waals surface area contributed by atoms with Crippen LogP contribution in [0.15, 0.2) is 29.6 Å². The molecule has 2 aromatic rings. The van der Waals surface area contributed by atoms with E-state index < -0.39 is 0 Å². The molecule has 0 N–H and O–H groups in total. The van der Waals surface area contributed by atoms with Crippen LogP contribution in [-0.2, 0) is 22.5 Å². The summed E-state index contributed by atoms with van der Waals surface area (Å²) in [5.41, 5.74) is 3.33. The first-order chi connectivity index (χ1) is 14.1. The van der Waals surface area contributed by atoms with Crippen molar-refractivity contribution in [1.82, 2.24) is 14.8 Å². The molecule has 2 atom stereocenters. The second-order valence-corrected chi connectivity index (χ2v) is 9.19. The Morgan fingerprint density at radius 1 is 1.14 bits per heavy atom. The van der Waals surface area contributed by atoms with Crippen LogP contribution < -0.4 is 0 Å². The van der Waals surface area contributed by atoms with E-state index in [1.807, 2.05) is 5.38 Å². The van der Waals surface area contributed by atoms with Gasteiger partial charge in [0.2, 0.25) is 5.91 Å². The number of hydrogen-bond donors (Lipinski definition) is 0. The maximum absolute atomic E-state index is 12.8. The molecule has 0 radical (unpaired) electrons. The number of nitrogens with zero attached hydrogens (tertiary/aromatic N) is 3. The van der Waals surface area contributed by atoms with E-state index in [1.165, 1.54) is 12.0 Å². The van der Waals surface area contributed by atoms with E-state index in [9.17, 15) is 4.79 Å². The molecule has 0 aliphatic carbocycles. The van der Waals surface area contributed by atoms with Crippen molar-refractivity contribution in [2.75, 3.05) is 26.3 Å². The summed E-state index contributed by atoms with van der Waals surface area (Å²) in [4.78, 5) is 22.1. The number of rotatable bonds is 5. The number of carbonyl (C=O) groups excluding carboxylic acids is 1. The molecule has 3 heterocycles. The highest BCUT2D eigenvalue weighted by atomic mass is 32.1. The molecule has 5 nitrogen and oxygen atoms in total. The van der Waals surface area contributed by atoms with E-state index in [-0.39, 0.29) is 5.91 Å². The minimum Gasteiger partial charge on any atom is -0.379 e. The van der Waals surface area contributed by atoms with Gasteiger partial charge in [0.05, 0.1) is 25.3 Å². The average molecular weight is 414 g/mol. The van der Waals surface area contributed by atoms with Crippen molar-refractivity contribution >= 4 is 17.2 Å². The van der Waals surface area contributed by atoms with Crippen molar-refractivity contribution in [2.45, 2.75) is 58.2 Å². The molecule has 2 fully saturated rings. The van der Waals surface area contributed by atoms with Crippen LogP contribution in [0.5, 0.6) is 0 Å². The predicted molar refractivity (Wildman–Crippen MR) is 117 cm³/mol. The van der Waals surface area contributed by atoms with Crippen molar-refractivity contribution < 1.29 is 9.53 Å². The number of morpholine rings is 1. The molecule has 1 amide bonds. The Balaban J connectivity index is 1.37. The van der Waals surface area contributed by atoms with Crippen molar-refractivity contribution in [2.24, 2.45) is 0 Å². The number of ether oxygens (including phenoxy) is 1. The number of piperidine rings is 1. The second kappa shape index (κ2) is 9.37. The van der Waals surface area contributed by atoms with Gasteiger partial charge < -0.3 is 9.64 Å². The molecule has 0 bridgehead atoms. The van der Waals surface area contributed by atoms with Gasteiger partial charge in [-0.25, -0.2) is 4.98 Å². The fourth-order valence-electron chi connectivity index (χ4n) is 4.45. The standard InChI is InChI=1S/C23H31N3O2S/c1-17-4-3-5-18(2)26(17)22(27)14-21-16-29-23(24-21)20-8-6-19(7-9-20)15-25-10-12-28-13-11-25/h6-9,16-18H,3-5,10-15H2,1-2H3.